The van der Waals surface area contributed by atoms with Gasteiger partial charge in [-0.1, -0.05) is 6.07 Å². The fourth-order valence-corrected chi connectivity index (χ4v) is 2.78. The Bertz CT molecular complexity index is 1070. The molecule has 0 bridgehead atoms. The quantitative estimate of drug-likeness (QED) is 0.523. The maximum atomic E-state index is 13.0. The SMILES string of the molecule is OC1CC1NC1=NC(Nc2ccnc(C(F)(F)F)c2)N=C(c2cccc(C(F)(F)F)n2)N1. The fourth-order valence-electron chi connectivity index (χ4n) is 2.78. The first-order valence-corrected chi connectivity index (χ1v) is 9.21. The third-order valence-corrected chi connectivity index (χ3v) is 4.45. The van der Waals surface area contributed by atoms with Gasteiger partial charge in [-0.3, -0.25) is 4.98 Å². The minimum Gasteiger partial charge on any atom is -0.391 e. The Morgan fingerprint density at radius 3 is 2.34 bits per heavy atom. The van der Waals surface area contributed by atoms with Crippen molar-refractivity contribution >= 4 is 17.5 Å². The maximum absolute atomic E-state index is 13.0. The number of guanidine groups is 1. The van der Waals surface area contributed by atoms with Crippen molar-refractivity contribution in [2.75, 3.05) is 5.32 Å². The normalized spacial score (nSPS) is 23.0. The van der Waals surface area contributed by atoms with Crippen LogP contribution in [-0.2, 0) is 12.4 Å². The minimum atomic E-state index is -4.68. The van der Waals surface area contributed by atoms with Crippen molar-refractivity contribution in [2.45, 2.75) is 37.2 Å². The van der Waals surface area contributed by atoms with Gasteiger partial charge in [-0.05, 0) is 30.7 Å². The lowest BCUT2D eigenvalue weighted by atomic mass is 10.2. The van der Waals surface area contributed by atoms with Gasteiger partial charge in [0.25, 0.3) is 0 Å². The highest BCUT2D eigenvalue weighted by molar-refractivity contribution is 6.09. The van der Waals surface area contributed by atoms with Gasteiger partial charge in [-0.2, -0.15) is 26.3 Å². The predicted octanol–water partition coefficient (Wildman–Crippen LogP) is 2.34. The van der Waals surface area contributed by atoms with Crippen molar-refractivity contribution < 1.29 is 31.4 Å². The molecule has 0 amide bonds. The number of nitrogens with one attached hydrogen (secondary N) is 3. The zero-order valence-electron chi connectivity index (χ0n) is 15.9. The molecule has 2 aromatic heterocycles. The second-order valence-electron chi connectivity index (χ2n) is 6.99. The van der Waals surface area contributed by atoms with E-state index in [2.05, 4.69) is 35.9 Å². The second-order valence-corrected chi connectivity index (χ2v) is 6.99. The van der Waals surface area contributed by atoms with E-state index in [1.54, 1.807) is 0 Å². The van der Waals surface area contributed by atoms with E-state index in [1.165, 1.54) is 12.1 Å². The van der Waals surface area contributed by atoms with E-state index >= 15 is 0 Å². The van der Waals surface area contributed by atoms with Gasteiger partial charge in [0.15, 0.2) is 5.84 Å². The number of anilines is 1. The van der Waals surface area contributed by atoms with Crippen molar-refractivity contribution in [3.63, 3.8) is 0 Å². The lowest BCUT2D eigenvalue weighted by molar-refractivity contribution is -0.141. The van der Waals surface area contributed by atoms with Crippen LogP contribution < -0.4 is 16.0 Å². The largest absolute Gasteiger partial charge is 0.433 e. The zero-order valence-corrected chi connectivity index (χ0v) is 15.9. The summed E-state index contributed by atoms with van der Waals surface area (Å²) in [6.45, 7) is 0. The van der Waals surface area contributed by atoms with E-state index in [9.17, 15) is 31.4 Å². The van der Waals surface area contributed by atoms with Gasteiger partial charge in [-0.15, -0.1) is 0 Å². The molecule has 8 nitrogen and oxygen atoms in total. The van der Waals surface area contributed by atoms with Crippen LogP contribution in [0, 0.1) is 0 Å². The maximum Gasteiger partial charge on any atom is 0.433 e. The van der Waals surface area contributed by atoms with Gasteiger partial charge in [-0.25, -0.2) is 15.0 Å². The Balaban J connectivity index is 1.63. The van der Waals surface area contributed by atoms with Crippen LogP contribution in [-0.4, -0.2) is 45.3 Å². The highest BCUT2D eigenvalue weighted by atomic mass is 19.4. The molecule has 0 spiro atoms. The Morgan fingerprint density at radius 1 is 0.969 bits per heavy atom. The number of alkyl halides is 6. The minimum absolute atomic E-state index is 0.00566. The molecule has 1 aliphatic heterocycles. The van der Waals surface area contributed by atoms with E-state index in [4.69, 9.17) is 0 Å². The molecule has 2 aromatic rings. The second kappa shape index (κ2) is 7.93. The van der Waals surface area contributed by atoms with E-state index in [-0.39, 0.29) is 29.2 Å². The molecule has 1 saturated carbocycles. The molecule has 4 N–H and O–H groups in total. The standard InChI is InChI=1S/C18H15F6N7O/c19-17(20,21)12-3-1-2-9(27-12)14-29-15(31-16(30-14)28-10-7-11(10)32)26-8-4-5-25-13(6-8)18(22,23)24/h1-6,10-11,15,32H,7H2,(H,25,26)(H2,28,29,30,31). The molecule has 0 aromatic carbocycles. The Labute approximate surface area is 176 Å². The number of aliphatic hydroxyl groups is 1. The summed E-state index contributed by atoms with van der Waals surface area (Å²) in [6, 6.07) is 4.94. The van der Waals surface area contributed by atoms with Crippen molar-refractivity contribution in [3.05, 3.63) is 53.6 Å². The van der Waals surface area contributed by atoms with Crippen LogP contribution in [0.5, 0.6) is 0 Å². The number of aliphatic hydroxyl groups excluding tert-OH is 1. The van der Waals surface area contributed by atoms with Crippen molar-refractivity contribution in [2.24, 2.45) is 9.98 Å². The third-order valence-electron chi connectivity index (χ3n) is 4.45. The highest BCUT2D eigenvalue weighted by Crippen LogP contribution is 2.30. The summed E-state index contributed by atoms with van der Waals surface area (Å²) in [5.74, 6) is -0.0234. The zero-order chi connectivity index (χ0) is 23.1. The average molecular weight is 459 g/mol. The van der Waals surface area contributed by atoms with E-state index in [0.717, 1.165) is 24.4 Å². The molecule has 32 heavy (non-hydrogen) atoms. The average Bonchev–Trinajstić information content (AvgIpc) is 3.41. The topological polar surface area (TPSA) is 107 Å². The van der Waals surface area contributed by atoms with Gasteiger partial charge in [0, 0.05) is 11.9 Å². The van der Waals surface area contributed by atoms with Gasteiger partial charge < -0.3 is 21.1 Å². The van der Waals surface area contributed by atoms with Crippen LogP contribution in [0.2, 0.25) is 0 Å². The number of pyridine rings is 2. The first kappa shape index (κ1) is 21.8. The molecule has 4 rings (SSSR count). The monoisotopic (exact) mass is 459 g/mol. The first-order valence-electron chi connectivity index (χ1n) is 9.21. The van der Waals surface area contributed by atoms with Crippen LogP contribution in [0.3, 0.4) is 0 Å². The Kier molecular flexibility index (Phi) is 5.40. The summed E-state index contributed by atoms with van der Waals surface area (Å²) in [7, 11) is 0. The molecule has 3 atom stereocenters. The lowest BCUT2D eigenvalue weighted by Crippen LogP contribution is -2.48. The highest BCUT2D eigenvalue weighted by Gasteiger charge is 2.37. The van der Waals surface area contributed by atoms with Gasteiger partial charge in [0.2, 0.25) is 12.2 Å². The number of rotatable bonds is 4. The molecular weight excluding hydrogens is 444 g/mol. The molecule has 170 valence electrons. The van der Waals surface area contributed by atoms with Crippen LogP contribution in [0.1, 0.15) is 23.5 Å². The van der Waals surface area contributed by atoms with Crippen molar-refractivity contribution in [1.29, 1.82) is 0 Å². The molecule has 1 aliphatic carbocycles. The number of aromatic nitrogens is 2. The van der Waals surface area contributed by atoms with Crippen molar-refractivity contribution in [1.82, 2.24) is 20.6 Å². The molecule has 0 saturated heterocycles. The smallest absolute Gasteiger partial charge is 0.391 e. The summed E-state index contributed by atoms with van der Waals surface area (Å²) in [5.41, 5.74) is -2.43. The summed E-state index contributed by atoms with van der Waals surface area (Å²) in [5, 5.41) is 17.8. The van der Waals surface area contributed by atoms with Crippen LogP contribution in [0.4, 0.5) is 32.0 Å². The molecule has 14 heteroatoms. The molecule has 1 fully saturated rings. The number of hydrogen-bond acceptors (Lipinski definition) is 8. The van der Waals surface area contributed by atoms with Crippen LogP contribution in [0.15, 0.2) is 46.5 Å². The predicted molar refractivity (Wildman–Crippen MR) is 101 cm³/mol. The van der Waals surface area contributed by atoms with E-state index < -0.39 is 36.1 Å². The lowest BCUT2D eigenvalue weighted by Gasteiger charge is -2.23. The molecule has 3 heterocycles. The fraction of sp³-hybridized carbons (Fsp3) is 0.333. The third kappa shape index (κ3) is 5.07. The Hall–Kier alpha value is -3.42. The van der Waals surface area contributed by atoms with Crippen molar-refractivity contribution in [3.8, 4) is 0 Å². The number of hydrogen-bond donors (Lipinski definition) is 4. The number of nitrogens with zero attached hydrogens (tertiary/aromatic N) is 4. The number of aliphatic imine (C=N–C) groups is 2. The number of halogens is 6. The van der Waals surface area contributed by atoms with Crippen LogP contribution >= 0.6 is 0 Å². The van der Waals surface area contributed by atoms with Gasteiger partial charge in [0.05, 0.1) is 12.1 Å². The van der Waals surface area contributed by atoms with Gasteiger partial charge >= 0.3 is 12.4 Å². The summed E-state index contributed by atoms with van der Waals surface area (Å²) in [4.78, 5) is 15.1. The van der Waals surface area contributed by atoms with Gasteiger partial charge in [0.1, 0.15) is 17.1 Å². The summed E-state index contributed by atoms with van der Waals surface area (Å²) in [6.07, 6.45) is -9.76. The molecular formula is C18H15F6N7O. The summed E-state index contributed by atoms with van der Waals surface area (Å²) >= 11 is 0. The van der Waals surface area contributed by atoms with Crippen LogP contribution in [0.25, 0.3) is 0 Å². The van der Waals surface area contributed by atoms with E-state index in [0.29, 0.717) is 6.42 Å². The number of amidine groups is 1. The molecule has 2 aliphatic rings. The molecule has 0 radical (unpaired) electrons. The van der Waals surface area contributed by atoms with E-state index in [1.807, 2.05) is 0 Å². The molecule has 3 unspecified atom stereocenters. The first-order chi connectivity index (χ1) is 15.0. The summed E-state index contributed by atoms with van der Waals surface area (Å²) < 4.78 is 77.9. The Morgan fingerprint density at radius 2 is 1.69 bits per heavy atom.